The average molecular weight is 300 g/mol. The zero-order valence-electron chi connectivity index (χ0n) is 14.7. The summed E-state index contributed by atoms with van der Waals surface area (Å²) in [5, 5.41) is 0. The van der Waals surface area contributed by atoms with Crippen LogP contribution in [-0.2, 0) is 0 Å². The molecule has 0 unspecified atom stereocenters. The van der Waals surface area contributed by atoms with E-state index >= 15 is 0 Å². The smallest absolute Gasteiger partial charge is 0.127 e. The fraction of sp³-hybridized carbons (Fsp3) is 0.600. The maximum atomic E-state index is 5.61. The molecular formula is C20H28O2. The minimum absolute atomic E-state index is 0.182. The highest BCUT2D eigenvalue weighted by Crippen LogP contribution is 2.42. The van der Waals surface area contributed by atoms with Crippen molar-refractivity contribution >= 4 is 0 Å². The normalized spacial score (nSPS) is 17.2. The molecule has 0 aromatic heterocycles. The van der Waals surface area contributed by atoms with Crippen LogP contribution in [-0.4, -0.2) is 14.2 Å². The molecule has 0 bridgehead atoms. The molecule has 0 heterocycles. The van der Waals surface area contributed by atoms with Gasteiger partial charge in [-0.2, -0.15) is 0 Å². The summed E-state index contributed by atoms with van der Waals surface area (Å²) in [6.45, 7) is 9.12. The molecule has 0 radical (unpaired) electrons. The van der Waals surface area contributed by atoms with E-state index in [1.807, 2.05) is 12.1 Å². The van der Waals surface area contributed by atoms with Gasteiger partial charge in [0.2, 0.25) is 0 Å². The van der Waals surface area contributed by atoms with E-state index in [0.29, 0.717) is 11.8 Å². The van der Waals surface area contributed by atoms with Gasteiger partial charge in [0, 0.05) is 17.5 Å². The van der Waals surface area contributed by atoms with Crippen LogP contribution >= 0.6 is 0 Å². The Bertz CT molecular complexity index is 568. The van der Waals surface area contributed by atoms with Crippen molar-refractivity contribution in [2.24, 2.45) is 17.3 Å². The van der Waals surface area contributed by atoms with Crippen LogP contribution in [0.3, 0.4) is 0 Å². The maximum absolute atomic E-state index is 5.61. The number of hydrogen-bond acceptors (Lipinski definition) is 2. The Morgan fingerprint density at radius 1 is 1.14 bits per heavy atom. The lowest BCUT2D eigenvalue weighted by Gasteiger charge is -2.32. The topological polar surface area (TPSA) is 18.5 Å². The molecule has 1 aliphatic rings. The second-order valence-corrected chi connectivity index (χ2v) is 7.30. The van der Waals surface area contributed by atoms with E-state index in [4.69, 9.17) is 9.47 Å². The van der Waals surface area contributed by atoms with Crippen LogP contribution < -0.4 is 9.47 Å². The molecule has 2 nitrogen and oxygen atoms in total. The molecule has 0 N–H and O–H groups in total. The fourth-order valence-electron chi connectivity index (χ4n) is 2.48. The van der Waals surface area contributed by atoms with Gasteiger partial charge >= 0.3 is 0 Å². The van der Waals surface area contributed by atoms with Crippen molar-refractivity contribution in [2.75, 3.05) is 14.2 Å². The van der Waals surface area contributed by atoms with Crippen LogP contribution in [0, 0.1) is 29.1 Å². The van der Waals surface area contributed by atoms with E-state index in [1.54, 1.807) is 14.2 Å². The van der Waals surface area contributed by atoms with Gasteiger partial charge in [0.25, 0.3) is 0 Å². The summed E-state index contributed by atoms with van der Waals surface area (Å²) in [7, 11) is 3.39. The van der Waals surface area contributed by atoms with Crippen LogP contribution in [0.2, 0.25) is 0 Å². The number of benzene rings is 1. The third-order valence-electron chi connectivity index (χ3n) is 4.66. The predicted octanol–water partition coefficient (Wildman–Crippen LogP) is 4.88. The Morgan fingerprint density at radius 2 is 1.82 bits per heavy atom. The zero-order chi connectivity index (χ0) is 16.3. The minimum atomic E-state index is 0.182. The molecule has 1 saturated carbocycles. The Kier molecular flexibility index (Phi) is 5.06. The van der Waals surface area contributed by atoms with Gasteiger partial charge < -0.3 is 9.47 Å². The molecule has 2 heteroatoms. The standard InChI is InChI=1S/C20H28O2/c1-14(20(2,3)4)17(11-9-15-7-8-15)18-12-10-16(21-5)13-19(18)22-6/h10,12-15,17H,7-8H2,1-6H3/t14-,17-/m0/s1. The van der Waals surface area contributed by atoms with Crippen molar-refractivity contribution in [1.82, 2.24) is 0 Å². The molecule has 1 aliphatic carbocycles. The quantitative estimate of drug-likeness (QED) is 0.738. The zero-order valence-corrected chi connectivity index (χ0v) is 14.7. The van der Waals surface area contributed by atoms with Gasteiger partial charge in [-0.3, -0.25) is 0 Å². The lowest BCUT2D eigenvalue weighted by Crippen LogP contribution is -2.24. The molecule has 0 amide bonds. The Labute approximate surface area is 135 Å². The summed E-state index contributed by atoms with van der Waals surface area (Å²) in [6, 6.07) is 6.06. The first-order valence-electron chi connectivity index (χ1n) is 8.09. The summed E-state index contributed by atoms with van der Waals surface area (Å²) >= 11 is 0. The molecule has 2 rings (SSSR count). The van der Waals surface area contributed by atoms with Gasteiger partial charge in [-0.05, 0) is 30.2 Å². The van der Waals surface area contributed by atoms with Crippen LogP contribution in [0.4, 0.5) is 0 Å². The van der Waals surface area contributed by atoms with Crippen molar-refractivity contribution in [3.05, 3.63) is 23.8 Å². The summed E-state index contributed by atoms with van der Waals surface area (Å²) in [6.07, 6.45) is 2.51. The van der Waals surface area contributed by atoms with E-state index < -0.39 is 0 Å². The predicted molar refractivity (Wildman–Crippen MR) is 91.4 cm³/mol. The van der Waals surface area contributed by atoms with Gasteiger partial charge in [-0.15, -0.1) is 0 Å². The Hall–Kier alpha value is -1.62. The van der Waals surface area contributed by atoms with E-state index in [-0.39, 0.29) is 11.3 Å². The third-order valence-corrected chi connectivity index (χ3v) is 4.66. The van der Waals surface area contributed by atoms with Crippen LogP contribution in [0.1, 0.15) is 52.0 Å². The van der Waals surface area contributed by atoms with E-state index in [2.05, 4.69) is 45.6 Å². The van der Waals surface area contributed by atoms with Crippen molar-refractivity contribution < 1.29 is 9.47 Å². The molecule has 1 aromatic carbocycles. The SMILES string of the molecule is COc1ccc([C@@H](C#CC2CC2)[C@H](C)C(C)(C)C)c(OC)c1. The summed E-state index contributed by atoms with van der Waals surface area (Å²) in [5.74, 6) is 9.90. The van der Waals surface area contributed by atoms with E-state index in [0.717, 1.165) is 11.5 Å². The Balaban J connectivity index is 2.42. The van der Waals surface area contributed by atoms with Gasteiger partial charge in [0.05, 0.1) is 20.1 Å². The highest BCUT2D eigenvalue weighted by atomic mass is 16.5. The van der Waals surface area contributed by atoms with Crippen LogP contribution in [0.15, 0.2) is 18.2 Å². The molecule has 0 spiro atoms. The molecule has 0 aliphatic heterocycles. The lowest BCUT2D eigenvalue weighted by atomic mass is 9.72. The van der Waals surface area contributed by atoms with Gasteiger partial charge in [-0.25, -0.2) is 0 Å². The summed E-state index contributed by atoms with van der Waals surface area (Å²) in [4.78, 5) is 0. The van der Waals surface area contributed by atoms with Crippen LogP contribution in [0.5, 0.6) is 11.5 Å². The fourth-order valence-corrected chi connectivity index (χ4v) is 2.48. The second-order valence-electron chi connectivity index (χ2n) is 7.30. The van der Waals surface area contributed by atoms with Crippen molar-refractivity contribution in [2.45, 2.75) is 46.5 Å². The number of ether oxygens (including phenoxy) is 2. The molecule has 2 atom stereocenters. The molecule has 1 aromatic rings. The van der Waals surface area contributed by atoms with Gasteiger partial charge in [0.15, 0.2) is 0 Å². The molecule has 22 heavy (non-hydrogen) atoms. The third kappa shape index (κ3) is 3.97. The van der Waals surface area contributed by atoms with Gasteiger partial charge in [-0.1, -0.05) is 45.6 Å². The lowest BCUT2D eigenvalue weighted by molar-refractivity contribution is 0.241. The second kappa shape index (κ2) is 6.65. The first-order chi connectivity index (χ1) is 10.4. The minimum Gasteiger partial charge on any atom is -0.497 e. The number of rotatable bonds is 4. The molecule has 1 fully saturated rings. The van der Waals surface area contributed by atoms with E-state index in [1.165, 1.54) is 18.4 Å². The number of methoxy groups -OCH3 is 2. The van der Waals surface area contributed by atoms with Crippen molar-refractivity contribution in [3.63, 3.8) is 0 Å². The molecular weight excluding hydrogens is 272 g/mol. The highest BCUT2D eigenvalue weighted by molar-refractivity contribution is 5.46. The van der Waals surface area contributed by atoms with E-state index in [9.17, 15) is 0 Å². The average Bonchev–Trinajstić information content (AvgIpc) is 3.30. The monoisotopic (exact) mass is 300 g/mol. The van der Waals surface area contributed by atoms with Crippen LogP contribution in [0.25, 0.3) is 0 Å². The van der Waals surface area contributed by atoms with Crippen molar-refractivity contribution in [3.8, 4) is 23.3 Å². The van der Waals surface area contributed by atoms with Crippen molar-refractivity contribution in [1.29, 1.82) is 0 Å². The number of hydrogen-bond donors (Lipinski definition) is 0. The highest BCUT2D eigenvalue weighted by Gasteiger charge is 2.31. The van der Waals surface area contributed by atoms with Gasteiger partial charge in [0.1, 0.15) is 11.5 Å². The largest absolute Gasteiger partial charge is 0.497 e. The first kappa shape index (κ1) is 16.7. The summed E-state index contributed by atoms with van der Waals surface area (Å²) in [5.41, 5.74) is 1.35. The molecule has 0 saturated heterocycles. The molecule has 120 valence electrons. The first-order valence-corrected chi connectivity index (χ1v) is 8.09. The maximum Gasteiger partial charge on any atom is 0.127 e. The summed E-state index contributed by atoms with van der Waals surface area (Å²) < 4.78 is 10.9. The Morgan fingerprint density at radius 3 is 2.32 bits per heavy atom.